The molecule has 0 aliphatic heterocycles. The highest BCUT2D eigenvalue weighted by Crippen LogP contribution is 2.23. The summed E-state index contributed by atoms with van der Waals surface area (Å²) in [5, 5.41) is 0. The summed E-state index contributed by atoms with van der Waals surface area (Å²) in [6.45, 7) is 2.22. The van der Waals surface area contributed by atoms with Crippen LogP contribution in [0.5, 0.6) is 0 Å². The van der Waals surface area contributed by atoms with Gasteiger partial charge >= 0.3 is 0 Å². The molecule has 1 saturated carbocycles. The first-order valence-electron chi connectivity index (χ1n) is 3.93. The van der Waals surface area contributed by atoms with Crippen molar-refractivity contribution in [2.45, 2.75) is 45.2 Å². The molecule has 54 valence electrons. The predicted molar refractivity (Wildman–Crippen MR) is 37.1 cm³/mol. The summed E-state index contributed by atoms with van der Waals surface area (Å²) in [5.41, 5.74) is 0. The van der Waals surface area contributed by atoms with Gasteiger partial charge in [-0.05, 0) is 25.2 Å². The summed E-state index contributed by atoms with van der Waals surface area (Å²) in [6, 6.07) is 0. The fourth-order valence-electron chi connectivity index (χ4n) is 1.44. The maximum atomic E-state index is 12.6. The van der Waals surface area contributed by atoms with Crippen molar-refractivity contribution in [2.24, 2.45) is 5.92 Å². The van der Waals surface area contributed by atoms with Gasteiger partial charge in [0.15, 0.2) is 0 Å². The lowest BCUT2D eigenvalue weighted by molar-refractivity contribution is 0.298. The van der Waals surface area contributed by atoms with E-state index in [9.17, 15) is 4.39 Å². The highest BCUT2D eigenvalue weighted by Gasteiger charge is 2.14. The molecule has 1 rings (SSSR count). The van der Waals surface area contributed by atoms with Crippen molar-refractivity contribution in [1.82, 2.24) is 0 Å². The molecular formula is C8H15F. The first-order valence-corrected chi connectivity index (χ1v) is 3.93. The molecule has 1 unspecified atom stereocenters. The number of alkyl halides is 1. The molecule has 0 bridgehead atoms. The molecule has 0 radical (unpaired) electrons. The van der Waals surface area contributed by atoms with E-state index in [0.717, 1.165) is 31.6 Å². The second-order valence-electron chi connectivity index (χ2n) is 3.21. The van der Waals surface area contributed by atoms with Crippen LogP contribution in [-0.2, 0) is 0 Å². The van der Waals surface area contributed by atoms with Gasteiger partial charge in [0.25, 0.3) is 0 Å². The SMILES string of the molecule is CC1CCC[C@@H](F)CC1. The van der Waals surface area contributed by atoms with Gasteiger partial charge in [0.1, 0.15) is 6.17 Å². The summed E-state index contributed by atoms with van der Waals surface area (Å²) >= 11 is 0. The first-order chi connectivity index (χ1) is 4.29. The molecule has 0 spiro atoms. The Kier molecular flexibility index (Phi) is 2.49. The van der Waals surface area contributed by atoms with Crippen LogP contribution < -0.4 is 0 Å². The van der Waals surface area contributed by atoms with Crippen LogP contribution in [0.15, 0.2) is 0 Å². The van der Waals surface area contributed by atoms with Gasteiger partial charge in [-0.15, -0.1) is 0 Å². The van der Waals surface area contributed by atoms with Crippen LogP contribution in [0.25, 0.3) is 0 Å². The smallest absolute Gasteiger partial charge is 0.100 e. The highest BCUT2D eigenvalue weighted by molar-refractivity contribution is 4.66. The van der Waals surface area contributed by atoms with Crippen LogP contribution >= 0.6 is 0 Å². The Balaban J connectivity index is 2.25. The van der Waals surface area contributed by atoms with E-state index in [1.807, 2.05) is 0 Å². The summed E-state index contributed by atoms with van der Waals surface area (Å²) in [4.78, 5) is 0. The van der Waals surface area contributed by atoms with Gasteiger partial charge in [-0.1, -0.05) is 19.8 Å². The molecule has 0 aromatic carbocycles. The van der Waals surface area contributed by atoms with E-state index in [1.54, 1.807) is 0 Å². The highest BCUT2D eigenvalue weighted by atomic mass is 19.1. The quantitative estimate of drug-likeness (QED) is 0.442. The molecule has 1 aliphatic rings. The third-order valence-corrected chi connectivity index (χ3v) is 2.19. The van der Waals surface area contributed by atoms with E-state index < -0.39 is 6.17 Å². The molecule has 0 amide bonds. The van der Waals surface area contributed by atoms with Crippen molar-refractivity contribution in [3.63, 3.8) is 0 Å². The van der Waals surface area contributed by atoms with Crippen LogP contribution in [0.2, 0.25) is 0 Å². The van der Waals surface area contributed by atoms with Crippen molar-refractivity contribution >= 4 is 0 Å². The van der Waals surface area contributed by atoms with E-state index >= 15 is 0 Å². The Labute approximate surface area is 56.5 Å². The van der Waals surface area contributed by atoms with E-state index in [1.165, 1.54) is 6.42 Å². The first kappa shape index (κ1) is 7.04. The third kappa shape index (κ3) is 2.33. The lowest BCUT2D eigenvalue weighted by Gasteiger charge is -2.03. The minimum atomic E-state index is -0.491. The normalized spacial score (nSPS) is 38.0. The summed E-state index contributed by atoms with van der Waals surface area (Å²) in [5.74, 6) is 0.769. The fourth-order valence-corrected chi connectivity index (χ4v) is 1.44. The summed E-state index contributed by atoms with van der Waals surface area (Å²) < 4.78 is 12.6. The number of hydrogen-bond acceptors (Lipinski definition) is 0. The van der Waals surface area contributed by atoms with Gasteiger partial charge in [-0.25, -0.2) is 4.39 Å². The van der Waals surface area contributed by atoms with Crippen molar-refractivity contribution in [3.05, 3.63) is 0 Å². The Morgan fingerprint density at radius 3 is 2.67 bits per heavy atom. The molecular weight excluding hydrogens is 115 g/mol. The fraction of sp³-hybridized carbons (Fsp3) is 1.00. The molecule has 0 aromatic rings. The van der Waals surface area contributed by atoms with Crippen LogP contribution in [-0.4, -0.2) is 6.17 Å². The van der Waals surface area contributed by atoms with Gasteiger partial charge in [0, 0.05) is 0 Å². The third-order valence-electron chi connectivity index (χ3n) is 2.19. The van der Waals surface area contributed by atoms with Crippen molar-refractivity contribution in [2.75, 3.05) is 0 Å². The van der Waals surface area contributed by atoms with Crippen molar-refractivity contribution < 1.29 is 4.39 Å². The average Bonchev–Trinajstić information content (AvgIpc) is 1.97. The van der Waals surface area contributed by atoms with Crippen LogP contribution in [0.1, 0.15) is 39.0 Å². The minimum absolute atomic E-state index is 0.491. The maximum absolute atomic E-state index is 12.6. The molecule has 9 heavy (non-hydrogen) atoms. The minimum Gasteiger partial charge on any atom is -0.247 e. The molecule has 0 nitrogen and oxygen atoms in total. The molecule has 1 heteroatoms. The van der Waals surface area contributed by atoms with E-state index in [4.69, 9.17) is 0 Å². The van der Waals surface area contributed by atoms with E-state index in [0.29, 0.717) is 0 Å². The van der Waals surface area contributed by atoms with Crippen molar-refractivity contribution in [3.8, 4) is 0 Å². The van der Waals surface area contributed by atoms with Gasteiger partial charge in [-0.2, -0.15) is 0 Å². The van der Waals surface area contributed by atoms with Gasteiger partial charge < -0.3 is 0 Å². The Morgan fingerprint density at radius 2 is 1.89 bits per heavy atom. The summed E-state index contributed by atoms with van der Waals surface area (Å²) in [7, 11) is 0. The summed E-state index contributed by atoms with van der Waals surface area (Å²) in [6.07, 6.45) is 4.56. The lowest BCUT2D eigenvalue weighted by Crippen LogP contribution is -1.96. The topological polar surface area (TPSA) is 0 Å². The average molecular weight is 130 g/mol. The zero-order valence-corrected chi connectivity index (χ0v) is 6.07. The van der Waals surface area contributed by atoms with Gasteiger partial charge in [-0.3, -0.25) is 0 Å². The zero-order chi connectivity index (χ0) is 6.69. The van der Waals surface area contributed by atoms with Gasteiger partial charge in [0.05, 0.1) is 0 Å². The molecule has 2 atom stereocenters. The van der Waals surface area contributed by atoms with Gasteiger partial charge in [0.2, 0.25) is 0 Å². The van der Waals surface area contributed by atoms with E-state index in [2.05, 4.69) is 6.92 Å². The second kappa shape index (κ2) is 3.19. The largest absolute Gasteiger partial charge is 0.247 e. The number of halogens is 1. The molecule has 1 fully saturated rings. The molecule has 0 aromatic heterocycles. The molecule has 0 N–H and O–H groups in total. The Morgan fingerprint density at radius 1 is 1.11 bits per heavy atom. The number of rotatable bonds is 0. The zero-order valence-electron chi connectivity index (χ0n) is 6.07. The van der Waals surface area contributed by atoms with E-state index in [-0.39, 0.29) is 0 Å². The number of hydrogen-bond donors (Lipinski definition) is 0. The van der Waals surface area contributed by atoms with Crippen LogP contribution in [0.4, 0.5) is 4.39 Å². The molecule has 0 saturated heterocycles. The molecule has 0 heterocycles. The Bertz CT molecular complexity index is 70.6. The Hall–Kier alpha value is -0.0700. The van der Waals surface area contributed by atoms with Crippen LogP contribution in [0.3, 0.4) is 0 Å². The predicted octanol–water partition coefficient (Wildman–Crippen LogP) is 2.92. The monoisotopic (exact) mass is 130 g/mol. The maximum Gasteiger partial charge on any atom is 0.100 e. The van der Waals surface area contributed by atoms with Crippen molar-refractivity contribution in [1.29, 1.82) is 0 Å². The van der Waals surface area contributed by atoms with Crippen LogP contribution in [0, 0.1) is 5.92 Å². The standard InChI is InChI=1S/C8H15F/c1-7-3-2-4-8(9)6-5-7/h7-8H,2-6H2,1H3/t7?,8-/m1/s1. The second-order valence-corrected chi connectivity index (χ2v) is 3.21. The molecule has 1 aliphatic carbocycles. The lowest BCUT2D eigenvalue weighted by atomic mass is 10.0.